The molecule has 0 bridgehead atoms. The van der Waals surface area contributed by atoms with Crippen LogP contribution in [0.2, 0.25) is 0 Å². The highest BCUT2D eigenvalue weighted by Gasteiger charge is 2.14. The van der Waals surface area contributed by atoms with Gasteiger partial charge in [-0.2, -0.15) is 0 Å². The summed E-state index contributed by atoms with van der Waals surface area (Å²) in [5.41, 5.74) is 1.05. The molecule has 0 saturated heterocycles. The number of aldehydes is 1. The molecular formula is C7H12N2O. The number of carbonyl (C=O) groups is 1. The largest absolute Gasteiger partial charge is 0.301 e. The Morgan fingerprint density at radius 2 is 2.50 bits per heavy atom. The molecule has 0 aromatic rings. The van der Waals surface area contributed by atoms with Gasteiger partial charge in [-0.1, -0.05) is 0 Å². The molecule has 56 valence electrons. The topological polar surface area (TPSA) is 32.7 Å². The van der Waals surface area contributed by atoms with Crippen molar-refractivity contribution in [2.45, 2.75) is 13.0 Å². The number of hydrogen-bond donors (Lipinski definition) is 0. The Morgan fingerprint density at radius 1 is 1.80 bits per heavy atom. The summed E-state index contributed by atoms with van der Waals surface area (Å²) in [6.07, 6.45) is 0.902. The number of carbonyl (C=O) groups excluding carboxylic acids is 1. The Balaban J connectivity index is 2.63. The van der Waals surface area contributed by atoms with Gasteiger partial charge in [-0.3, -0.25) is 9.89 Å². The SMILES string of the molecule is CC1=NC(C=O)CN(C)C1. The molecule has 1 aliphatic heterocycles. The summed E-state index contributed by atoms with van der Waals surface area (Å²) in [6.45, 7) is 3.61. The Kier molecular flexibility index (Phi) is 2.17. The average Bonchev–Trinajstić information content (AvgIpc) is 1.85. The zero-order chi connectivity index (χ0) is 7.56. The smallest absolute Gasteiger partial charge is 0.145 e. The van der Waals surface area contributed by atoms with Crippen LogP contribution in [0.3, 0.4) is 0 Å². The van der Waals surface area contributed by atoms with Crippen molar-refractivity contribution in [2.75, 3.05) is 20.1 Å². The van der Waals surface area contributed by atoms with Crippen LogP contribution < -0.4 is 0 Å². The summed E-state index contributed by atoms with van der Waals surface area (Å²) < 4.78 is 0. The maximum atomic E-state index is 10.3. The van der Waals surface area contributed by atoms with E-state index >= 15 is 0 Å². The van der Waals surface area contributed by atoms with Gasteiger partial charge in [-0.15, -0.1) is 0 Å². The number of hydrogen-bond acceptors (Lipinski definition) is 3. The summed E-state index contributed by atoms with van der Waals surface area (Å²) in [6, 6.07) is -0.126. The Labute approximate surface area is 60.7 Å². The van der Waals surface area contributed by atoms with E-state index < -0.39 is 0 Å². The third-order valence-electron chi connectivity index (χ3n) is 1.54. The molecule has 1 aliphatic rings. The van der Waals surface area contributed by atoms with Gasteiger partial charge in [0.05, 0.1) is 0 Å². The lowest BCUT2D eigenvalue weighted by Crippen LogP contribution is -2.38. The van der Waals surface area contributed by atoms with Gasteiger partial charge in [0.15, 0.2) is 0 Å². The van der Waals surface area contributed by atoms with E-state index in [1.54, 1.807) is 0 Å². The van der Waals surface area contributed by atoms with Crippen LogP contribution in [0.4, 0.5) is 0 Å². The van der Waals surface area contributed by atoms with Gasteiger partial charge in [0.1, 0.15) is 12.3 Å². The van der Waals surface area contributed by atoms with E-state index in [0.717, 1.165) is 25.1 Å². The highest BCUT2D eigenvalue weighted by Crippen LogP contribution is 2.00. The number of rotatable bonds is 1. The maximum absolute atomic E-state index is 10.3. The van der Waals surface area contributed by atoms with Gasteiger partial charge in [0.2, 0.25) is 0 Å². The Bertz CT molecular complexity index is 165. The second-order valence-electron chi connectivity index (χ2n) is 2.76. The monoisotopic (exact) mass is 140 g/mol. The molecule has 0 aliphatic carbocycles. The van der Waals surface area contributed by atoms with Crippen molar-refractivity contribution in [2.24, 2.45) is 4.99 Å². The summed E-state index contributed by atoms with van der Waals surface area (Å²) in [4.78, 5) is 16.6. The van der Waals surface area contributed by atoms with E-state index in [-0.39, 0.29) is 6.04 Å². The van der Waals surface area contributed by atoms with Gasteiger partial charge in [-0.25, -0.2) is 0 Å². The fourth-order valence-electron chi connectivity index (χ4n) is 1.21. The first-order chi connectivity index (χ1) is 4.72. The molecule has 3 nitrogen and oxygen atoms in total. The minimum atomic E-state index is -0.126. The standard InChI is InChI=1S/C7H12N2O/c1-6-3-9(2)4-7(5-10)8-6/h5,7H,3-4H2,1-2H3. The Hall–Kier alpha value is -0.700. The summed E-state index contributed by atoms with van der Waals surface area (Å²) in [7, 11) is 1.99. The molecule has 0 fully saturated rings. The lowest BCUT2D eigenvalue weighted by molar-refractivity contribution is -0.109. The predicted octanol–water partition coefficient (Wildman–Crippen LogP) is -0.0398. The number of likely N-dealkylation sites (N-methyl/N-ethyl adjacent to an activating group) is 1. The number of nitrogens with zero attached hydrogens (tertiary/aromatic N) is 2. The molecule has 0 N–H and O–H groups in total. The summed E-state index contributed by atoms with van der Waals surface area (Å²) in [5.74, 6) is 0. The first-order valence-corrected chi connectivity index (χ1v) is 3.39. The fourth-order valence-corrected chi connectivity index (χ4v) is 1.21. The maximum Gasteiger partial charge on any atom is 0.145 e. The average molecular weight is 140 g/mol. The zero-order valence-electron chi connectivity index (χ0n) is 6.37. The molecule has 1 heterocycles. The van der Waals surface area contributed by atoms with Crippen LogP contribution in [0.5, 0.6) is 0 Å². The third-order valence-corrected chi connectivity index (χ3v) is 1.54. The van der Waals surface area contributed by atoms with Crippen LogP contribution in [0.25, 0.3) is 0 Å². The van der Waals surface area contributed by atoms with Gasteiger partial charge in [0, 0.05) is 18.8 Å². The van der Waals surface area contributed by atoms with Crippen molar-refractivity contribution in [3.05, 3.63) is 0 Å². The molecule has 0 saturated carbocycles. The van der Waals surface area contributed by atoms with E-state index in [9.17, 15) is 4.79 Å². The van der Waals surface area contributed by atoms with E-state index in [1.807, 2.05) is 14.0 Å². The van der Waals surface area contributed by atoms with Crippen LogP contribution in [0.15, 0.2) is 4.99 Å². The van der Waals surface area contributed by atoms with Crippen LogP contribution in [0.1, 0.15) is 6.92 Å². The third kappa shape index (κ3) is 1.64. The molecule has 1 atom stereocenters. The Morgan fingerprint density at radius 3 is 3.00 bits per heavy atom. The van der Waals surface area contributed by atoms with Crippen molar-refractivity contribution in [3.8, 4) is 0 Å². The van der Waals surface area contributed by atoms with Gasteiger partial charge < -0.3 is 4.79 Å². The molecule has 0 aromatic carbocycles. The van der Waals surface area contributed by atoms with Crippen LogP contribution in [-0.4, -0.2) is 43.1 Å². The molecular weight excluding hydrogens is 128 g/mol. The molecule has 0 spiro atoms. The van der Waals surface area contributed by atoms with Crippen molar-refractivity contribution >= 4 is 12.0 Å². The fraction of sp³-hybridized carbons (Fsp3) is 0.714. The van der Waals surface area contributed by atoms with Crippen molar-refractivity contribution in [1.29, 1.82) is 0 Å². The lowest BCUT2D eigenvalue weighted by Gasteiger charge is -2.23. The second kappa shape index (κ2) is 2.92. The van der Waals surface area contributed by atoms with Crippen molar-refractivity contribution < 1.29 is 4.79 Å². The quantitative estimate of drug-likeness (QED) is 0.479. The first kappa shape index (κ1) is 7.41. The van der Waals surface area contributed by atoms with E-state index in [2.05, 4.69) is 9.89 Å². The van der Waals surface area contributed by atoms with E-state index in [0.29, 0.717) is 0 Å². The molecule has 0 radical (unpaired) electrons. The summed E-state index contributed by atoms with van der Waals surface area (Å²) >= 11 is 0. The van der Waals surface area contributed by atoms with Crippen molar-refractivity contribution in [1.82, 2.24) is 4.90 Å². The molecule has 10 heavy (non-hydrogen) atoms. The number of aliphatic imine (C=N–C) groups is 1. The van der Waals surface area contributed by atoms with Crippen LogP contribution >= 0.6 is 0 Å². The highest BCUT2D eigenvalue weighted by atomic mass is 16.1. The minimum absolute atomic E-state index is 0.126. The molecule has 1 rings (SSSR count). The second-order valence-corrected chi connectivity index (χ2v) is 2.76. The normalized spacial score (nSPS) is 27.8. The molecule has 3 heteroatoms. The van der Waals surface area contributed by atoms with Crippen LogP contribution in [-0.2, 0) is 4.79 Å². The lowest BCUT2D eigenvalue weighted by atomic mass is 10.2. The van der Waals surface area contributed by atoms with Gasteiger partial charge in [-0.05, 0) is 14.0 Å². The molecule has 0 aromatic heterocycles. The van der Waals surface area contributed by atoms with E-state index in [4.69, 9.17) is 0 Å². The highest BCUT2D eigenvalue weighted by molar-refractivity contribution is 5.86. The first-order valence-electron chi connectivity index (χ1n) is 3.39. The van der Waals surface area contributed by atoms with Gasteiger partial charge >= 0.3 is 0 Å². The van der Waals surface area contributed by atoms with Gasteiger partial charge in [0.25, 0.3) is 0 Å². The predicted molar refractivity (Wildman–Crippen MR) is 40.5 cm³/mol. The van der Waals surface area contributed by atoms with Crippen LogP contribution in [0, 0.1) is 0 Å². The molecule has 1 unspecified atom stereocenters. The molecule has 0 amide bonds. The summed E-state index contributed by atoms with van der Waals surface area (Å²) in [5, 5.41) is 0. The minimum Gasteiger partial charge on any atom is -0.301 e. The van der Waals surface area contributed by atoms with Crippen molar-refractivity contribution in [3.63, 3.8) is 0 Å². The zero-order valence-corrected chi connectivity index (χ0v) is 6.37. The van der Waals surface area contributed by atoms with E-state index in [1.165, 1.54) is 0 Å².